The second kappa shape index (κ2) is 6.92. The third-order valence-electron chi connectivity index (χ3n) is 4.37. The normalized spacial score (nSPS) is 27.4. The smallest absolute Gasteiger partial charge is 0.320 e. The summed E-state index contributed by atoms with van der Waals surface area (Å²) in [5.41, 5.74) is 0. The van der Waals surface area contributed by atoms with Crippen LogP contribution in [0.25, 0.3) is 0 Å². The average molecular weight is 284 g/mol. The lowest BCUT2D eigenvalue weighted by atomic mass is 9.95. The number of carbonyl (C=O) groups is 2. The van der Waals surface area contributed by atoms with Crippen LogP contribution in [-0.4, -0.2) is 64.8 Å². The van der Waals surface area contributed by atoms with E-state index in [4.69, 9.17) is 10.2 Å². The summed E-state index contributed by atoms with van der Waals surface area (Å²) in [6.07, 6.45) is 4.18. The number of aliphatic carboxylic acids is 1. The Balaban J connectivity index is 1.91. The Morgan fingerprint density at radius 3 is 2.35 bits per heavy atom. The fourth-order valence-corrected chi connectivity index (χ4v) is 3.21. The number of carboxylic acids is 1. The van der Waals surface area contributed by atoms with E-state index >= 15 is 0 Å². The first-order valence-corrected chi connectivity index (χ1v) is 7.49. The predicted molar refractivity (Wildman–Crippen MR) is 73.3 cm³/mol. The molecule has 2 amide bonds. The summed E-state index contributed by atoms with van der Waals surface area (Å²) >= 11 is 0. The fourth-order valence-electron chi connectivity index (χ4n) is 3.21. The fraction of sp³-hybridized carbons (Fsp3) is 0.857. The van der Waals surface area contributed by atoms with Crippen LogP contribution in [-0.2, 0) is 4.79 Å². The second-order valence-corrected chi connectivity index (χ2v) is 5.87. The highest BCUT2D eigenvalue weighted by molar-refractivity contribution is 5.76. The number of rotatable bonds is 3. The van der Waals surface area contributed by atoms with Gasteiger partial charge in [0.25, 0.3) is 0 Å². The molecule has 20 heavy (non-hydrogen) atoms. The van der Waals surface area contributed by atoms with Crippen molar-refractivity contribution in [2.24, 2.45) is 11.8 Å². The Bertz CT molecular complexity index is 359. The Hall–Kier alpha value is -1.30. The number of carboxylic acid groups (broad SMARTS) is 1. The molecule has 0 aromatic carbocycles. The van der Waals surface area contributed by atoms with Crippen molar-refractivity contribution in [1.29, 1.82) is 0 Å². The maximum absolute atomic E-state index is 12.5. The summed E-state index contributed by atoms with van der Waals surface area (Å²) in [6.45, 7) is 2.58. The van der Waals surface area contributed by atoms with Crippen molar-refractivity contribution in [1.82, 2.24) is 9.80 Å². The number of amides is 2. The monoisotopic (exact) mass is 284 g/mol. The highest BCUT2D eigenvalue weighted by atomic mass is 16.4. The van der Waals surface area contributed by atoms with Gasteiger partial charge in [-0.1, -0.05) is 0 Å². The number of nitrogens with zero attached hydrogens (tertiary/aromatic N) is 2. The molecule has 2 aliphatic heterocycles. The first kappa shape index (κ1) is 15.1. The van der Waals surface area contributed by atoms with E-state index in [2.05, 4.69) is 0 Å². The minimum absolute atomic E-state index is 0.0291. The van der Waals surface area contributed by atoms with Gasteiger partial charge in [0.05, 0.1) is 5.92 Å². The predicted octanol–water partition coefficient (Wildman–Crippen LogP) is 0.997. The van der Waals surface area contributed by atoms with Crippen LogP contribution < -0.4 is 0 Å². The molecule has 2 N–H and O–H groups in total. The number of aliphatic hydroxyl groups is 1. The van der Waals surface area contributed by atoms with Crippen molar-refractivity contribution < 1.29 is 19.8 Å². The SMILES string of the molecule is O=C(O)C1CCCN(C(=O)N2CCCC(CCO)C2)C1. The van der Waals surface area contributed by atoms with E-state index in [-0.39, 0.29) is 12.6 Å². The molecule has 2 fully saturated rings. The van der Waals surface area contributed by atoms with E-state index in [0.29, 0.717) is 32.0 Å². The van der Waals surface area contributed by atoms with Crippen molar-refractivity contribution in [2.45, 2.75) is 32.1 Å². The molecule has 6 nitrogen and oxygen atoms in total. The van der Waals surface area contributed by atoms with Gasteiger partial charge in [-0.2, -0.15) is 0 Å². The Labute approximate surface area is 119 Å². The summed E-state index contributed by atoms with van der Waals surface area (Å²) < 4.78 is 0. The van der Waals surface area contributed by atoms with Crippen molar-refractivity contribution in [2.75, 3.05) is 32.8 Å². The number of likely N-dealkylation sites (tertiary alicyclic amines) is 2. The third kappa shape index (κ3) is 3.62. The first-order valence-electron chi connectivity index (χ1n) is 7.49. The van der Waals surface area contributed by atoms with E-state index in [9.17, 15) is 9.59 Å². The van der Waals surface area contributed by atoms with Gasteiger partial charge >= 0.3 is 12.0 Å². The van der Waals surface area contributed by atoms with Gasteiger partial charge in [0.15, 0.2) is 0 Å². The van der Waals surface area contributed by atoms with Gasteiger partial charge in [-0.15, -0.1) is 0 Å². The summed E-state index contributed by atoms with van der Waals surface area (Å²) in [6, 6.07) is -0.0291. The lowest BCUT2D eigenvalue weighted by Crippen LogP contribution is -2.51. The summed E-state index contributed by atoms with van der Waals surface area (Å²) in [5, 5.41) is 18.1. The summed E-state index contributed by atoms with van der Waals surface area (Å²) in [4.78, 5) is 27.0. The number of carbonyl (C=O) groups excluding carboxylic acids is 1. The molecule has 2 saturated heterocycles. The van der Waals surface area contributed by atoms with E-state index < -0.39 is 11.9 Å². The zero-order valence-electron chi connectivity index (χ0n) is 11.8. The molecule has 0 aromatic rings. The third-order valence-corrected chi connectivity index (χ3v) is 4.37. The molecule has 0 radical (unpaired) electrons. The topological polar surface area (TPSA) is 81.1 Å². The number of piperidine rings is 2. The minimum Gasteiger partial charge on any atom is -0.481 e. The van der Waals surface area contributed by atoms with Gasteiger partial charge in [0.2, 0.25) is 0 Å². The molecule has 2 rings (SSSR count). The number of hydrogen-bond donors (Lipinski definition) is 2. The molecule has 0 spiro atoms. The lowest BCUT2D eigenvalue weighted by Gasteiger charge is -2.38. The van der Waals surface area contributed by atoms with E-state index in [1.807, 2.05) is 4.90 Å². The largest absolute Gasteiger partial charge is 0.481 e. The molecule has 2 aliphatic rings. The van der Waals surface area contributed by atoms with E-state index in [0.717, 1.165) is 32.2 Å². The van der Waals surface area contributed by atoms with E-state index in [1.165, 1.54) is 0 Å². The summed E-state index contributed by atoms with van der Waals surface area (Å²) in [5.74, 6) is -0.859. The molecule has 114 valence electrons. The van der Waals surface area contributed by atoms with Crippen molar-refractivity contribution in [3.05, 3.63) is 0 Å². The lowest BCUT2D eigenvalue weighted by molar-refractivity contribution is -0.143. The highest BCUT2D eigenvalue weighted by Crippen LogP contribution is 2.23. The second-order valence-electron chi connectivity index (χ2n) is 5.87. The quantitative estimate of drug-likeness (QED) is 0.810. The van der Waals surface area contributed by atoms with Crippen LogP contribution in [0.3, 0.4) is 0 Å². The Morgan fingerprint density at radius 2 is 1.70 bits per heavy atom. The zero-order valence-corrected chi connectivity index (χ0v) is 11.8. The molecule has 0 aliphatic carbocycles. The van der Waals surface area contributed by atoms with Crippen LogP contribution >= 0.6 is 0 Å². The van der Waals surface area contributed by atoms with Gasteiger partial charge in [-0.05, 0) is 38.0 Å². The van der Waals surface area contributed by atoms with Crippen LogP contribution in [0.15, 0.2) is 0 Å². The van der Waals surface area contributed by atoms with Gasteiger partial charge in [-0.3, -0.25) is 4.79 Å². The van der Waals surface area contributed by atoms with Gasteiger partial charge in [0, 0.05) is 32.8 Å². The highest BCUT2D eigenvalue weighted by Gasteiger charge is 2.32. The van der Waals surface area contributed by atoms with Crippen LogP contribution in [0.1, 0.15) is 32.1 Å². The molecule has 2 unspecified atom stereocenters. The molecule has 0 bridgehead atoms. The van der Waals surface area contributed by atoms with Gasteiger partial charge < -0.3 is 20.0 Å². The number of aliphatic hydroxyl groups excluding tert-OH is 1. The van der Waals surface area contributed by atoms with Crippen LogP contribution in [0.5, 0.6) is 0 Å². The first-order chi connectivity index (χ1) is 9.61. The molecule has 0 saturated carbocycles. The average Bonchev–Trinajstić information content (AvgIpc) is 2.47. The molecule has 6 heteroatoms. The molecular weight excluding hydrogens is 260 g/mol. The molecule has 2 heterocycles. The van der Waals surface area contributed by atoms with Crippen LogP contribution in [0.4, 0.5) is 4.79 Å². The number of urea groups is 1. The van der Waals surface area contributed by atoms with Crippen molar-refractivity contribution in [3.63, 3.8) is 0 Å². The zero-order chi connectivity index (χ0) is 14.5. The molecular formula is C14H24N2O4. The Kier molecular flexibility index (Phi) is 5.23. The maximum atomic E-state index is 12.5. The van der Waals surface area contributed by atoms with Gasteiger partial charge in [0.1, 0.15) is 0 Å². The molecule has 0 aromatic heterocycles. The van der Waals surface area contributed by atoms with E-state index in [1.54, 1.807) is 4.90 Å². The minimum atomic E-state index is -0.806. The van der Waals surface area contributed by atoms with Crippen LogP contribution in [0, 0.1) is 11.8 Å². The standard InChI is InChI=1S/C14H24N2O4/c17-8-5-11-3-1-6-15(9-11)14(20)16-7-2-4-12(10-16)13(18)19/h11-12,17H,1-10H2,(H,18,19). The van der Waals surface area contributed by atoms with Gasteiger partial charge in [-0.25, -0.2) is 4.79 Å². The number of hydrogen-bond acceptors (Lipinski definition) is 3. The molecule has 2 atom stereocenters. The van der Waals surface area contributed by atoms with Crippen molar-refractivity contribution >= 4 is 12.0 Å². The summed E-state index contributed by atoms with van der Waals surface area (Å²) in [7, 11) is 0. The van der Waals surface area contributed by atoms with Crippen molar-refractivity contribution in [3.8, 4) is 0 Å². The van der Waals surface area contributed by atoms with Crippen LogP contribution in [0.2, 0.25) is 0 Å². The maximum Gasteiger partial charge on any atom is 0.320 e. The Morgan fingerprint density at radius 1 is 1.05 bits per heavy atom.